The van der Waals surface area contributed by atoms with Crippen molar-refractivity contribution in [1.29, 1.82) is 0 Å². The molecule has 0 aliphatic carbocycles. The van der Waals surface area contributed by atoms with Crippen LogP contribution in [-0.2, 0) is 6.54 Å². The molecule has 4 rings (SSSR count). The van der Waals surface area contributed by atoms with E-state index >= 15 is 0 Å². The molecule has 7 heteroatoms. The summed E-state index contributed by atoms with van der Waals surface area (Å²) >= 11 is 1.43. The maximum atomic E-state index is 12.3. The van der Waals surface area contributed by atoms with Crippen molar-refractivity contribution in [1.82, 2.24) is 14.5 Å². The second-order valence-corrected chi connectivity index (χ2v) is 6.44. The molecular formula is C17H13N3O3S. The van der Waals surface area contributed by atoms with Gasteiger partial charge in [-0.15, -0.1) is 11.3 Å². The van der Waals surface area contributed by atoms with Crippen LogP contribution in [0.3, 0.4) is 0 Å². The summed E-state index contributed by atoms with van der Waals surface area (Å²) < 4.78 is 1.52. The highest BCUT2D eigenvalue weighted by Gasteiger charge is 2.34. The third-order valence-electron chi connectivity index (χ3n) is 4.11. The Labute approximate surface area is 141 Å². The number of rotatable bonds is 4. The second-order valence-electron chi connectivity index (χ2n) is 5.54. The van der Waals surface area contributed by atoms with Gasteiger partial charge in [-0.25, -0.2) is 4.98 Å². The molecule has 24 heavy (non-hydrogen) atoms. The van der Waals surface area contributed by atoms with Crippen molar-refractivity contribution in [3.8, 4) is 0 Å². The van der Waals surface area contributed by atoms with Gasteiger partial charge in [0.25, 0.3) is 17.4 Å². The summed E-state index contributed by atoms with van der Waals surface area (Å²) in [5, 5.41) is 2.44. The highest BCUT2D eigenvalue weighted by atomic mass is 32.1. The standard InChI is InChI=1S/C17H13N3O3S/c21-15-13-6-9-24-14(13)18-10-19(15)7-3-8-20-16(22)11-4-1-2-5-12(11)17(20)23/h1-2,4-6,9-10H,3,7-8H2. The van der Waals surface area contributed by atoms with Crippen LogP contribution in [0, 0.1) is 0 Å². The van der Waals surface area contributed by atoms with Crippen molar-refractivity contribution in [2.24, 2.45) is 0 Å². The minimum Gasteiger partial charge on any atom is -0.299 e. The average Bonchev–Trinajstić information content (AvgIpc) is 3.17. The summed E-state index contributed by atoms with van der Waals surface area (Å²) in [6, 6.07) is 8.57. The molecule has 0 bridgehead atoms. The van der Waals surface area contributed by atoms with Gasteiger partial charge in [0.2, 0.25) is 0 Å². The summed E-state index contributed by atoms with van der Waals surface area (Å²) in [4.78, 5) is 43.1. The number of aromatic nitrogens is 2. The molecule has 2 amide bonds. The van der Waals surface area contributed by atoms with Gasteiger partial charge in [0, 0.05) is 13.1 Å². The van der Waals surface area contributed by atoms with Crippen molar-refractivity contribution in [3.05, 3.63) is 63.5 Å². The number of hydrogen-bond acceptors (Lipinski definition) is 5. The van der Waals surface area contributed by atoms with Crippen LogP contribution in [0.2, 0.25) is 0 Å². The van der Waals surface area contributed by atoms with E-state index in [2.05, 4.69) is 4.98 Å². The van der Waals surface area contributed by atoms with Crippen LogP contribution < -0.4 is 5.56 Å². The van der Waals surface area contributed by atoms with Crippen LogP contribution in [0.15, 0.2) is 46.8 Å². The molecule has 0 spiro atoms. The van der Waals surface area contributed by atoms with Gasteiger partial charge in [-0.2, -0.15) is 0 Å². The van der Waals surface area contributed by atoms with E-state index in [1.165, 1.54) is 27.1 Å². The molecular weight excluding hydrogens is 326 g/mol. The van der Waals surface area contributed by atoms with Crippen LogP contribution in [0.1, 0.15) is 27.1 Å². The SMILES string of the molecule is O=C1c2ccccc2C(=O)N1CCCn1cnc2sccc2c1=O. The molecule has 0 saturated heterocycles. The first-order valence-electron chi connectivity index (χ1n) is 7.54. The molecule has 0 atom stereocenters. The number of amides is 2. The first kappa shape index (κ1) is 14.8. The Morgan fingerprint density at radius 3 is 2.38 bits per heavy atom. The smallest absolute Gasteiger partial charge is 0.262 e. The first-order chi connectivity index (χ1) is 11.7. The van der Waals surface area contributed by atoms with Crippen molar-refractivity contribution in [3.63, 3.8) is 0 Å². The van der Waals surface area contributed by atoms with Gasteiger partial charge >= 0.3 is 0 Å². The molecule has 0 saturated carbocycles. The molecule has 120 valence electrons. The zero-order chi connectivity index (χ0) is 16.7. The summed E-state index contributed by atoms with van der Waals surface area (Å²) in [5.74, 6) is -0.538. The fourth-order valence-electron chi connectivity index (χ4n) is 2.89. The third-order valence-corrected chi connectivity index (χ3v) is 4.93. The number of nitrogens with zero attached hydrogens (tertiary/aromatic N) is 3. The van der Waals surface area contributed by atoms with Crippen LogP contribution in [0.5, 0.6) is 0 Å². The van der Waals surface area contributed by atoms with Gasteiger partial charge in [0.15, 0.2) is 0 Å². The average molecular weight is 339 g/mol. The number of carbonyl (C=O) groups is 2. The van der Waals surface area contributed by atoms with E-state index in [0.29, 0.717) is 29.5 Å². The monoisotopic (exact) mass is 339 g/mol. The lowest BCUT2D eigenvalue weighted by Crippen LogP contribution is -2.32. The summed E-state index contributed by atoms with van der Waals surface area (Å²) in [6.45, 7) is 0.686. The number of imide groups is 1. The molecule has 0 fully saturated rings. The number of aryl methyl sites for hydroxylation is 1. The Hall–Kier alpha value is -2.80. The summed E-state index contributed by atoms with van der Waals surface area (Å²) in [7, 11) is 0. The lowest BCUT2D eigenvalue weighted by atomic mass is 10.1. The van der Waals surface area contributed by atoms with E-state index in [1.807, 2.05) is 5.38 Å². The number of hydrogen-bond donors (Lipinski definition) is 0. The molecule has 3 heterocycles. The molecule has 1 aromatic carbocycles. The fraction of sp³-hybridized carbons (Fsp3) is 0.176. The van der Waals surface area contributed by atoms with Crippen LogP contribution in [-0.4, -0.2) is 32.8 Å². The molecule has 2 aromatic heterocycles. The number of thiophene rings is 1. The molecule has 3 aromatic rings. The highest BCUT2D eigenvalue weighted by molar-refractivity contribution is 7.16. The number of benzene rings is 1. The topological polar surface area (TPSA) is 72.3 Å². The Morgan fingerprint density at radius 1 is 0.958 bits per heavy atom. The van der Waals surface area contributed by atoms with E-state index in [0.717, 1.165) is 4.83 Å². The van der Waals surface area contributed by atoms with E-state index in [4.69, 9.17) is 0 Å². The number of fused-ring (bicyclic) bond motifs is 2. The van der Waals surface area contributed by atoms with Crippen LogP contribution in [0.25, 0.3) is 10.2 Å². The quantitative estimate of drug-likeness (QED) is 0.683. The first-order valence-corrected chi connectivity index (χ1v) is 8.42. The zero-order valence-corrected chi connectivity index (χ0v) is 13.5. The van der Waals surface area contributed by atoms with Gasteiger partial charge in [-0.1, -0.05) is 12.1 Å². The fourth-order valence-corrected chi connectivity index (χ4v) is 3.62. The Bertz CT molecular complexity index is 986. The molecule has 6 nitrogen and oxygen atoms in total. The Morgan fingerprint density at radius 2 is 1.67 bits per heavy atom. The highest BCUT2D eigenvalue weighted by Crippen LogP contribution is 2.22. The van der Waals surface area contributed by atoms with Crippen LogP contribution in [0.4, 0.5) is 0 Å². The normalized spacial score (nSPS) is 13.8. The van der Waals surface area contributed by atoms with E-state index in [1.54, 1.807) is 30.3 Å². The molecule has 0 N–H and O–H groups in total. The predicted molar refractivity (Wildman–Crippen MR) is 90.3 cm³/mol. The van der Waals surface area contributed by atoms with Crippen LogP contribution >= 0.6 is 11.3 Å². The summed E-state index contributed by atoms with van der Waals surface area (Å²) in [6.07, 6.45) is 2.02. The Balaban J connectivity index is 1.48. The molecule has 0 unspecified atom stereocenters. The van der Waals surface area contributed by atoms with Crippen molar-refractivity contribution in [2.45, 2.75) is 13.0 Å². The van der Waals surface area contributed by atoms with Crippen molar-refractivity contribution < 1.29 is 9.59 Å². The lowest BCUT2D eigenvalue weighted by Gasteiger charge is -2.14. The van der Waals surface area contributed by atoms with Gasteiger partial charge in [0.1, 0.15) is 4.83 Å². The molecule has 0 radical (unpaired) electrons. The minimum atomic E-state index is -0.269. The minimum absolute atomic E-state index is 0.0939. The van der Waals surface area contributed by atoms with Crippen molar-refractivity contribution >= 4 is 33.4 Å². The zero-order valence-electron chi connectivity index (χ0n) is 12.6. The Kier molecular flexibility index (Phi) is 3.50. The van der Waals surface area contributed by atoms with Gasteiger partial charge in [-0.05, 0) is 30.0 Å². The largest absolute Gasteiger partial charge is 0.299 e. The van der Waals surface area contributed by atoms with E-state index in [-0.39, 0.29) is 23.9 Å². The lowest BCUT2D eigenvalue weighted by molar-refractivity contribution is 0.0650. The second kappa shape index (κ2) is 5.68. The van der Waals surface area contributed by atoms with E-state index < -0.39 is 0 Å². The predicted octanol–water partition coefficient (Wildman–Crippen LogP) is 2.14. The van der Waals surface area contributed by atoms with Gasteiger partial charge < -0.3 is 0 Å². The number of carbonyl (C=O) groups excluding carboxylic acids is 2. The maximum Gasteiger partial charge on any atom is 0.262 e. The molecule has 1 aliphatic heterocycles. The van der Waals surface area contributed by atoms with Gasteiger partial charge in [-0.3, -0.25) is 23.9 Å². The van der Waals surface area contributed by atoms with Crippen molar-refractivity contribution in [2.75, 3.05) is 6.54 Å². The van der Waals surface area contributed by atoms with E-state index in [9.17, 15) is 14.4 Å². The van der Waals surface area contributed by atoms with Gasteiger partial charge in [0.05, 0.1) is 22.8 Å². The summed E-state index contributed by atoms with van der Waals surface area (Å²) in [5.41, 5.74) is 0.797. The molecule has 1 aliphatic rings. The third kappa shape index (κ3) is 2.25. The maximum absolute atomic E-state index is 12.3.